The number of nitrogens with one attached hydrogen (secondary N) is 1. The van der Waals surface area contributed by atoms with E-state index in [9.17, 15) is 8.42 Å². The molecule has 0 radical (unpaired) electrons. The molecule has 1 aromatic carbocycles. The minimum atomic E-state index is -2.78. The molecule has 1 saturated heterocycles. The molecule has 6 heteroatoms. The highest BCUT2D eigenvalue weighted by atomic mass is 35.5. The van der Waals surface area contributed by atoms with Crippen LogP contribution in [0.4, 0.5) is 5.69 Å². The highest BCUT2D eigenvalue weighted by molar-refractivity contribution is 7.91. The van der Waals surface area contributed by atoms with Crippen molar-refractivity contribution in [1.82, 2.24) is 4.90 Å². The van der Waals surface area contributed by atoms with E-state index in [0.29, 0.717) is 18.1 Å². The van der Waals surface area contributed by atoms with E-state index in [1.807, 2.05) is 24.3 Å². The lowest BCUT2D eigenvalue weighted by Crippen LogP contribution is -2.42. The Bertz CT molecular complexity index is 491. The summed E-state index contributed by atoms with van der Waals surface area (Å²) < 4.78 is 22.6. The second-order valence-electron chi connectivity index (χ2n) is 4.40. The number of halogens is 1. The van der Waals surface area contributed by atoms with Gasteiger partial charge in [-0.05, 0) is 12.1 Å². The van der Waals surface area contributed by atoms with Crippen LogP contribution in [0.3, 0.4) is 0 Å². The highest BCUT2D eigenvalue weighted by Crippen LogP contribution is 2.19. The zero-order chi connectivity index (χ0) is 13.0. The van der Waals surface area contributed by atoms with Crippen LogP contribution in [-0.4, -0.2) is 51.0 Å². The van der Waals surface area contributed by atoms with E-state index in [1.54, 1.807) is 0 Å². The Morgan fingerprint density at radius 3 is 2.56 bits per heavy atom. The maximum absolute atomic E-state index is 11.3. The van der Waals surface area contributed by atoms with Gasteiger partial charge in [0.15, 0.2) is 9.84 Å². The lowest BCUT2D eigenvalue weighted by atomic mass is 10.3. The van der Waals surface area contributed by atoms with Gasteiger partial charge in [-0.25, -0.2) is 8.42 Å². The molecule has 0 aliphatic carbocycles. The van der Waals surface area contributed by atoms with Gasteiger partial charge in [0.25, 0.3) is 0 Å². The van der Waals surface area contributed by atoms with Crippen molar-refractivity contribution in [3.63, 3.8) is 0 Å². The van der Waals surface area contributed by atoms with Crippen molar-refractivity contribution in [2.75, 3.05) is 43.0 Å². The van der Waals surface area contributed by atoms with Crippen molar-refractivity contribution in [2.24, 2.45) is 0 Å². The monoisotopic (exact) mass is 288 g/mol. The first-order valence-electron chi connectivity index (χ1n) is 5.98. The van der Waals surface area contributed by atoms with Crippen LogP contribution in [-0.2, 0) is 9.84 Å². The van der Waals surface area contributed by atoms with Crippen LogP contribution in [0.1, 0.15) is 0 Å². The second kappa shape index (κ2) is 5.91. The van der Waals surface area contributed by atoms with Crippen LogP contribution in [0.2, 0.25) is 5.02 Å². The van der Waals surface area contributed by atoms with E-state index < -0.39 is 9.84 Å². The Balaban J connectivity index is 1.75. The summed E-state index contributed by atoms with van der Waals surface area (Å²) in [7, 11) is -2.78. The molecule has 1 aromatic rings. The maximum Gasteiger partial charge on any atom is 0.152 e. The standard InChI is InChI=1S/C12H17ClN2O2S/c13-11-3-1-2-4-12(11)14-5-6-15-7-9-18(16,17)10-8-15/h1-4,14H,5-10H2. The summed E-state index contributed by atoms with van der Waals surface area (Å²) in [6.07, 6.45) is 0. The summed E-state index contributed by atoms with van der Waals surface area (Å²) in [5.74, 6) is 0.554. The molecule has 0 saturated carbocycles. The van der Waals surface area contributed by atoms with E-state index in [-0.39, 0.29) is 11.5 Å². The summed E-state index contributed by atoms with van der Waals surface area (Å²) in [6.45, 7) is 2.86. The van der Waals surface area contributed by atoms with Gasteiger partial charge >= 0.3 is 0 Å². The average Bonchev–Trinajstić information content (AvgIpc) is 2.34. The first-order chi connectivity index (χ1) is 8.57. The third-order valence-corrected chi connectivity index (χ3v) is 4.99. The van der Waals surface area contributed by atoms with Crippen molar-refractivity contribution < 1.29 is 8.42 Å². The lowest BCUT2D eigenvalue weighted by Gasteiger charge is -2.26. The van der Waals surface area contributed by atoms with Gasteiger partial charge in [0.2, 0.25) is 0 Å². The zero-order valence-electron chi connectivity index (χ0n) is 10.1. The fraction of sp³-hybridized carbons (Fsp3) is 0.500. The molecule has 4 nitrogen and oxygen atoms in total. The van der Waals surface area contributed by atoms with Gasteiger partial charge in [0.05, 0.1) is 22.2 Å². The fourth-order valence-corrected chi connectivity index (χ4v) is 3.41. The first-order valence-corrected chi connectivity index (χ1v) is 8.18. The predicted octanol–water partition coefficient (Wildman–Crippen LogP) is 1.48. The molecule has 0 bridgehead atoms. The predicted molar refractivity (Wildman–Crippen MR) is 75.0 cm³/mol. The van der Waals surface area contributed by atoms with Gasteiger partial charge < -0.3 is 5.32 Å². The van der Waals surface area contributed by atoms with Crippen molar-refractivity contribution in [3.8, 4) is 0 Å². The molecule has 0 amide bonds. The van der Waals surface area contributed by atoms with Crippen molar-refractivity contribution in [3.05, 3.63) is 29.3 Å². The molecular formula is C12H17ClN2O2S. The van der Waals surface area contributed by atoms with Gasteiger partial charge in [-0.3, -0.25) is 4.90 Å². The van der Waals surface area contributed by atoms with Crippen molar-refractivity contribution >= 4 is 27.1 Å². The topological polar surface area (TPSA) is 49.4 Å². The van der Waals surface area contributed by atoms with Crippen LogP contribution in [0, 0.1) is 0 Å². The van der Waals surface area contributed by atoms with E-state index in [2.05, 4.69) is 10.2 Å². The fourth-order valence-electron chi connectivity index (χ4n) is 1.93. The van der Waals surface area contributed by atoms with E-state index in [1.165, 1.54) is 0 Å². The van der Waals surface area contributed by atoms with Gasteiger partial charge in [-0.15, -0.1) is 0 Å². The molecule has 1 heterocycles. The Morgan fingerprint density at radius 1 is 1.22 bits per heavy atom. The molecule has 1 N–H and O–H groups in total. The molecule has 100 valence electrons. The molecular weight excluding hydrogens is 272 g/mol. The van der Waals surface area contributed by atoms with Crippen molar-refractivity contribution in [1.29, 1.82) is 0 Å². The first kappa shape index (κ1) is 13.6. The highest BCUT2D eigenvalue weighted by Gasteiger charge is 2.20. The minimum absolute atomic E-state index is 0.277. The van der Waals surface area contributed by atoms with Gasteiger partial charge in [-0.2, -0.15) is 0 Å². The second-order valence-corrected chi connectivity index (χ2v) is 7.11. The number of para-hydroxylation sites is 1. The maximum atomic E-state index is 11.3. The number of sulfone groups is 1. The molecule has 2 rings (SSSR count). The Kier molecular flexibility index (Phi) is 4.48. The smallest absolute Gasteiger partial charge is 0.152 e. The van der Waals surface area contributed by atoms with Crippen LogP contribution in [0.15, 0.2) is 24.3 Å². The number of nitrogens with zero attached hydrogens (tertiary/aromatic N) is 1. The molecule has 18 heavy (non-hydrogen) atoms. The Morgan fingerprint density at radius 2 is 1.89 bits per heavy atom. The summed E-state index contributed by atoms with van der Waals surface area (Å²) in [4.78, 5) is 2.16. The summed E-state index contributed by atoms with van der Waals surface area (Å²) >= 11 is 6.03. The minimum Gasteiger partial charge on any atom is -0.383 e. The third-order valence-electron chi connectivity index (χ3n) is 3.05. The zero-order valence-corrected chi connectivity index (χ0v) is 11.7. The molecule has 0 aromatic heterocycles. The number of anilines is 1. The lowest BCUT2D eigenvalue weighted by molar-refractivity contribution is 0.307. The van der Waals surface area contributed by atoms with Crippen LogP contribution in [0.5, 0.6) is 0 Å². The average molecular weight is 289 g/mol. The van der Waals surface area contributed by atoms with Gasteiger partial charge in [0, 0.05) is 26.2 Å². The van der Waals surface area contributed by atoms with E-state index >= 15 is 0 Å². The summed E-state index contributed by atoms with van der Waals surface area (Å²) in [5, 5.41) is 3.97. The molecule has 0 unspecified atom stereocenters. The number of benzene rings is 1. The third kappa shape index (κ3) is 3.86. The molecule has 1 fully saturated rings. The SMILES string of the molecule is O=S1(=O)CCN(CCNc2ccccc2Cl)CC1. The van der Waals surface area contributed by atoms with Crippen molar-refractivity contribution in [2.45, 2.75) is 0 Å². The summed E-state index contributed by atoms with van der Waals surface area (Å²) in [5.41, 5.74) is 0.920. The van der Waals surface area contributed by atoms with Crippen LogP contribution in [0.25, 0.3) is 0 Å². The Hall–Kier alpha value is -0.780. The van der Waals surface area contributed by atoms with Crippen LogP contribution >= 0.6 is 11.6 Å². The number of hydrogen-bond acceptors (Lipinski definition) is 4. The molecule has 0 atom stereocenters. The number of hydrogen-bond donors (Lipinski definition) is 1. The van der Waals surface area contributed by atoms with E-state index in [4.69, 9.17) is 11.6 Å². The van der Waals surface area contributed by atoms with Gasteiger partial charge in [-0.1, -0.05) is 23.7 Å². The van der Waals surface area contributed by atoms with Crippen LogP contribution < -0.4 is 5.32 Å². The normalized spacial score (nSPS) is 19.6. The summed E-state index contributed by atoms with van der Waals surface area (Å²) in [6, 6.07) is 7.60. The van der Waals surface area contributed by atoms with Gasteiger partial charge in [0.1, 0.15) is 0 Å². The number of rotatable bonds is 4. The Labute approximate surface area is 113 Å². The largest absolute Gasteiger partial charge is 0.383 e. The quantitative estimate of drug-likeness (QED) is 0.912. The molecule has 1 aliphatic rings. The molecule has 1 aliphatic heterocycles. The van der Waals surface area contributed by atoms with E-state index in [0.717, 1.165) is 18.8 Å². The molecule has 0 spiro atoms.